The molecule has 0 aromatic rings. The van der Waals surface area contributed by atoms with E-state index in [-0.39, 0.29) is 12.3 Å². The molecule has 1 fully saturated rings. The molecule has 1 aliphatic rings. The fourth-order valence-electron chi connectivity index (χ4n) is 1.22. The zero-order chi connectivity index (χ0) is 10.6. The minimum absolute atomic E-state index is 0.144. The van der Waals surface area contributed by atoms with Gasteiger partial charge in [-0.25, -0.2) is 0 Å². The lowest BCUT2D eigenvalue weighted by Crippen LogP contribution is -2.44. The minimum atomic E-state index is -1.15. The molecule has 0 saturated carbocycles. The molecule has 0 aliphatic carbocycles. The maximum Gasteiger partial charge on any atom is 0.321 e. The number of aliphatic carboxylic acids is 1. The molecular formula is C8H14N2O4. The third-order valence-corrected chi connectivity index (χ3v) is 2.08. The van der Waals surface area contributed by atoms with Gasteiger partial charge in [-0.05, 0) is 0 Å². The number of nitrogens with zero attached hydrogens (tertiary/aromatic N) is 1. The van der Waals surface area contributed by atoms with Crippen LogP contribution in [0.4, 0.5) is 0 Å². The molecule has 14 heavy (non-hydrogen) atoms. The van der Waals surface area contributed by atoms with Crippen LogP contribution in [0.3, 0.4) is 0 Å². The molecule has 6 heteroatoms. The topological polar surface area (TPSA) is 92.9 Å². The van der Waals surface area contributed by atoms with Crippen molar-refractivity contribution in [2.24, 2.45) is 5.73 Å². The molecular weight excluding hydrogens is 188 g/mol. The first-order valence-electron chi connectivity index (χ1n) is 4.45. The molecule has 0 radical (unpaired) electrons. The van der Waals surface area contributed by atoms with Gasteiger partial charge in [0.25, 0.3) is 0 Å². The lowest BCUT2D eigenvalue weighted by molar-refractivity contribution is -0.143. The molecule has 0 aromatic heterocycles. The van der Waals surface area contributed by atoms with Gasteiger partial charge in [0, 0.05) is 13.1 Å². The third kappa shape index (κ3) is 2.97. The van der Waals surface area contributed by atoms with Crippen molar-refractivity contribution >= 4 is 11.9 Å². The fraction of sp³-hybridized carbons (Fsp3) is 0.750. The predicted molar refractivity (Wildman–Crippen MR) is 47.6 cm³/mol. The van der Waals surface area contributed by atoms with E-state index in [1.54, 1.807) is 4.90 Å². The predicted octanol–water partition coefficient (Wildman–Crippen LogP) is -1.35. The highest BCUT2D eigenvalue weighted by Gasteiger charge is 2.22. The monoisotopic (exact) mass is 202 g/mol. The summed E-state index contributed by atoms with van der Waals surface area (Å²) < 4.78 is 5.06. The molecule has 1 amide bonds. The van der Waals surface area contributed by atoms with Gasteiger partial charge in [-0.2, -0.15) is 0 Å². The van der Waals surface area contributed by atoms with E-state index < -0.39 is 12.0 Å². The first-order valence-corrected chi connectivity index (χ1v) is 4.45. The van der Waals surface area contributed by atoms with Crippen molar-refractivity contribution in [3.63, 3.8) is 0 Å². The summed E-state index contributed by atoms with van der Waals surface area (Å²) in [4.78, 5) is 23.4. The maximum atomic E-state index is 11.4. The Labute approximate surface area is 81.6 Å². The van der Waals surface area contributed by atoms with Crippen LogP contribution in [0.2, 0.25) is 0 Å². The zero-order valence-corrected chi connectivity index (χ0v) is 7.81. The SMILES string of the molecule is NC(CC(=O)N1CCOCC1)C(=O)O. The van der Waals surface area contributed by atoms with Crippen molar-refractivity contribution in [1.82, 2.24) is 4.90 Å². The number of hydrogen-bond acceptors (Lipinski definition) is 4. The molecule has 1 unspecified atom stereocenters. The molecule has 0 bridgehead atoms. The minimum Gasteiger partial charge on any atom is -0.480 e. The van der Waals surface area contributed by atoms with Crippen LogP contribution in [0.25, 0.3) is 0 Å². The number of rotatable bonds is 3. The average Bonchev–Trinajstić information content (AvgIpc) is 2.19. The number of nitrogens with two attached hydrogens (primary N) is 1. The lowest BCUT2D eigenvalue weighted by atomic mass is 10.2. The molecule has 1 rings (SSSR count). The van der Waals surface area contributed by atoms with Crippen molar-refractivity contribution in [1.29, 1.82) is 0 Å². The molecule has 0 aromatic carbocycles. The number of morpholine rings is 1. The van der Waals surface area contributed by atoms with E-state index in [4.69, 9.17) is 15.6 Å². The van der Waals surface area contributed by atoms with E-state index >= 15 is 0 Å². The Morgan fingerprint density at radius 1 is 1.43 bits per heavy atom. The van der Waals surface area contributed by atoms with E-state index in [0.717, 1.165) is 0 Å². The Balaban J connectivity index is 2.36. The number of carboxylic acids is 1. The van der Waals surface area contributed by atoms with Crippen LogP contribution in [0.1, 0.15) is 6.42 Å². The Kier molecular flexibility index (Phi) is 3.84. The Morgan fingerprint density at radius 3 is 2.50 bits per heavy atom. The summed E-state index contributed by atoms with van der Waals surface area (Å²) in [5.74, 6) is -1.37. The molecule has 6 nitrogen and oxygen atoms in total. The van der Waals surface area contributed by atoms with Gasteiger partial charge in [0.15, 0.2) is 0 Å². The summed E-state index contributed by atoms with van der Waals surface area (Å²) in [6.45, 7) is 2.05. The third-order valence-electron chi connectivity index (χ3n) is 2.08. The first-order chi connectivity index (χ1) is 6.61. The highest BCUT2D eigenvalue weighted by Crippen LogP contribution is 2.01. The van der Waals surface area contributed by atoms with Gasteiger partial charge in [-0.1, -0.05) is 0 Å². The summed E-state index contributed by atoms with van der Waals surface area (Å²) in [6.07, 6.45) is -0.144. The molecule has 1 atom stereocenters. The quantitative estimate of drug-likeness (QED) is 0.590. The van der Waals surface area contributed by atoms with Crippen LogP contribution >= 0.6 is 0 Å². The van der Waals surface area contributed by atoms with Crippen molar-refractivity contribution in [2.45, 2.75) is 12.5 Å². The molecule has 1 heterocycles. The van der Waals surface area contributed by atoms with Crippen LogP contribution in [0.15, 0.2) is 0 Å². The van der Waals surface area contributed by atoms with E-state index in [1.165, 1.54) is 0 Å². The van der Waals surface area contributed by atoms with Crippen molar-refractivity contribution in [3.05, 3.63) is 0 Å². The highest BCUT2D eigenvalue weighted by atomic mass is 16.5. The largest absolute Gasteiger partial charge is 0.480 e. The molecule has 1 aliphatic heterocycles. The number of ether oxygens (including phenoxy) is 1. The second-order valence-electron chi connectivity index (χ2n) is 3.14. The number of amides is 1. The fourth-order valence-corrected chi connectivity index (χ4v) is 1.22. The van der Waals surface area contributed by atoms with E-state index in [0.29, 0.717) is 26.3 Å². The highest BCUT2D eigenvalue weighted by molar-refractivity contribution is 5.84. The average molecular weight is 202 g/mol. The Morgan fingerprint density at radius 2 is 2.00 bits per heavy atom. The number of carbonyl (C=O) groups excluding carboxylic acids is 1. The second kappa shape index (κ2) is 4.92. The van der Waals surface area contributed by atoms with Crippen molar-refractivity contribution < 1.29 is 19.4 Å². The van der Waals surface area contributed by atoms with Gasteiger partial charge in [-0.15, -0.1) is 0 Å². The van der Waals surface area contributed by atoms with Crippen LogP contribution in [-0.4, -0.2) is 54.2 Å². The maximum absolute atomic E-state index is 11.4. The lowest BCUT2D eigenvalue weighted by Gasteiger charge is -2.27. The first kappa shape index (κ1) is 10.9. The number of carbonyl (C=O) groups is 2. The summed E-state index contributed by atoms with van der Waals surface area (Å²) in [6, 6.07) is -1.11. The normalized spacial score (nSPS) is 19.1. The summed E-state index contributed by atoms with van der Waals surface area (Å²) in [5, 5.41) is 8.51. The van der Waals surface area contributed by atoms with Crippen LogP contribution in [-0.2, 0) is 14.3 Å². The van der Waals surface area contributed by atoms with E-state index in [9.17, 15) is 9.59 Å². The van der Waals surface area contributed by atoms with Gasteiger partial charge in [-0.3, -0.25) is 9.59 Å². The Bertz CT molecular complexity index is 225. The smallest absolute Gasteiger partial charge is 0.321 e. The molecule has 1 saturated heterocycles. The number of carboxylic acid groups (broad SMARTS) is 1. The van der Waals surface area contributed by atoms with Crippen LogP contribution in [0, 0.1) is 0 Å². The van der Waals surface area contributed by atoms with Gasteiger partial charge in [0.1, 0.15) is 6.04 Å². The zero-order valence-electron chi connectivity index (χ0n) is 7.81. The van der Waals surface area contributed by atoms with Gasteiger partial charge in [0.2, 0.25) is 5.91 Å². The molecule has 80 valence electrons. The summed E-state index contributed by atoms with van der Waals surface area (Å²) in [7, 11) is 0. The molecule has 0 spiro atoms. The standard InChI is InChI=1S/C8H14N2O4/c9-6(8(12)13)5-7(11)10-1-3-14-4-2-10/h6H,1-5,9H2,(H,12,13). The summed E-state index contributed by atoms with van der Waals surface area (Å²) >= 11 is 0. The van der Waals surface area contributed by atoms with Gasteiger partial charge in [0.05, 0.1) is 19.6 Å². The second-order valence-corrected chi connectivity index (χ2v) is 3.14. The Hall–Kier alpha value is -1.14. The van der Waals surface area contributed by atoms with E-state index in [1.807, 2.05) is 0 Å². The van der Waals surface area contributed by atoms with Crippen LogP contribution in [0.5, 0.6) is 0 Å². The van der Waals surface area contributed by atoms with Gasteiger partial charge >= 0.3 is 5.97 Å². The van der Waals surface area contributed by atoms with Crippen molar-refractivity contribution in [3.8, 4) is 0 Å². The van der Waals surface area contributed by atoms with Gasteiger partial charge < -0.3 is 20.5 Å². The summed E-state index contributed by atoms with van der Waals surface area (Å²) in [5.41, 5.74) is 5.25. The van der Waals surface area contributed by atoms with Crippen molar-refractivity contribution in [2.75, 3.05) is 26.3 Å². The van der Waals surface area contributed by atoms with E-state index in [2.05, 4.69) is 0 Å². The molecule has 3 N–H and O–H groups in total. The van der Waals surface area contributed by atoms with Crippen LogP contribution < -0.4 is 5.73 Å². The number of hydrogen-bond donors (Lipinski definition) is 2.